The second-order valence-corrected chi connectivity index (χ2v) is 11.5. The Morgan fingerprint density at radius 3 is 2.50 bits per heavy atom. The molecule has 2 aliphatic rings. The van der Waals surface area contributed by atoms with Gasteiger partial charge in [-0.15, -0.1) is 0 Å². The Morgan fingerprint density at radius 2 is 1.82 bits per heavy atom. The van der Waals surface area contributed by atoms with Crippen LogP contribution in [0.3, 0.4) is 0 Å². The van der Waals surface area contributed by atoms with Crippen LogP contribution in [0.2, 0.25) is 0 Å². The third kappa shape index (κ3) is 5.45. The fourth-order valence-corrected chi connectivity index (χ4v) is 6.15. The molecular formula is C32H33F3O3. The highest BCUT2D eigenvalue weighted by Crippen LogP contribution is 2.51. The monoisotopic (exact) mass is 522 g/mol. The highest BCUT2D eigenvalue weighted by Gasteiger charge is 2.38. The molecule has 2 atom stereocenters. The number of carboxylic acid groups (broad SMARTS) is 1. The van der Waals surface area contributed by atoms with E-state index < -0.39 is 23.4 Å². The number of ether oxygens (including phenoxy) is 1. The molecular weight excluding hydrogens is 489 g/mol. The van der Waals surface area contributed by atoms with Crippen LogP contribution in [0.5, 0.6) is 5.75 Å². The molecule has 0 radical (unpaired) electrons. The van der Waals surface area contributed by atoms with Gasteiger partial charge in [0.2, 0.25) is 0 Å². The van der Waals surface area contributed by atoms with E-state index in [1.165, 1.54) is 6.07 Å². The summed E-state index contributed by atoms with van der Waals surface area (Å²) in [4.78, 5) is 11.4. The number of hydrogen-bond acceptors (Lipinski definition) is 2. The van der Waals surface area contributed by atoms with Crippen molar-refractivity contribution in [1.29, 1.82) is 0 Å². The molecule has 2 saturated carbocycles. The highest BCUT2D eigenvalue weighted by molar-refractivity contribution is 5.70. The van der Waals surface area contributed by atoms with Crippen molar-refractivity contribution < 1.29 is 27.8 Å². The fourth-order valence-electron chi connectivity index (χ4n) is 6.15. The Hall–Kier alpha value is -3.28. The molecule has 0 saturated heterocycles. The number of rotatable bonds is 9. The third-order valence-corrected chi connectivity index (χ3v) is 8.34. The van der Waals surface area contributed by atoms with Gasteiger partial charge in [-0.05, 0) is 89.5 Å². The summed E-state index contributed by atoms with van der Waals surface area (Å²) in [6, 6.07) is 14.0. The van der Waals surface area contributed by atoms with E-state index in [-0.39, 0.29) is 47.5 Å². The van der Waals surface area contributed by atoms with Gasteiger partial charge in [0.1, 0.15) is 18.2 Å². The summed E-state index contributed by atoms with van der Waals surface area (Å²) >= 11 is 0. The predicted octanol–water partition coefficient (Wildman–Crippen LogP) is 8.61. The zero-order valence-corrected chi connectivity index (χ0v) is 21.8. The topological polar surface area (TPSA) is 46.5 Å². The maximum atomic E-state index is 15.5. The molecule has 5 rings (SSSR count). The summed E-state index contributed by atoms with van der Waals surface area (Å²) in [5.74, 6) is -2.36. The van der Waals surface area contributed by atoms with Crippen LogP contribution in [0.15, 0.2) is 54.6 Å². The lowest BCUT2D eigenvalue weighted by atomic mass is 9.75. The van der Waals surface area contributed by atoms with Crippen LogP contribution in [-0.2, 0) is 11.4 Å². The van der Waals surface area contributed by atoms with Crippen LogP contribution in [-0.4, -0.2) is 11.1 Å². The molecule has 6 heteroatoms. The lowest BCUT2D eigenvalue weighted by molar-refractivity contribution is -0.137. The minimum absolute atomic E-state index is 0.000431. The Kier molecular flexibility index (Phi) is 7.26. The van der Waals surface area contributed by atoms with Gasteiger partial charge < -0.3 is 9.84 Å². The van der Waals surface area contributed by atoms with Gasteiger partial charge in [0, 0.05) is 11.5 Å². The molecule has 38 heavy (non-hydrogen) atoms. The minimum atomic E-state index is -0.940. The van der Waals surface area contributed by atoms with Crippen LogP contribution in [0, 0.1) is 28.8 Å². The van der Waals surface area contributed by atoms with E-state index in [9.17, 15) is 18.7 Å². The molecule has 2 aliphatic carbocycles. The first-order chi connectivity index (χ1) is 18.1. The van der Waals surface area contributed by atoms with E-state index in [1.807, 2.05) is 18.2 Å². The van der Waals surface area contributed by atoms with Crippen molar-refractivity contribution in [3.05, 3.63) is 88.7 Å². The number of carboxylic acids is 1. The van der Waals surface area contributed by atoms with Crippen LogP contribution in [0.25, 0.3) is 11.1 Å². The maximum Gasteiger partial charge on any atom is 0.303 e. The summed E-state index contributed by atoms with van der Waals surface area (Å²) < 4.78 is 50.3. The van der Waals surface area contributed by atoms with Crippen molar-refractivity contribution in [1.82, 2.24) is 0 Å². The molecule has 0 amide bonds. The van der Waals surface area contributed by atoms with Gasteiger partial charge in [-0.3, -0.25) is 4.79 Å². The average molecular weight is 523 g/mol. The highest BCUT2D eigenvalue weighted by atomic mass is 19.1. The minimum Gasteiger partial charge on any atom is -0.486 e. The standard InChI is InChI=1S/C32H33F3O3/c1-32(2)14-4-6-27(32)25-15-19(8-12-22(25)26-16-21(33)11-13-28(26)34)18-38-29-7-3-5-23(31(29)35)24(17-30(36)37)20-9-10-20/h3,5,7-8,11-13,15-16,20,24,27H,4,6,9-10,14,17-18H2,1-2H3,(H,36,37)/t24-,27+/m0/s1. The summed E-state index contributed by atoms with van der Waals surface area (Å²) in [6.07, 6.45) is 4.75. The number of benzene rings is 3. The van der Waals surface area contributed by atoms with Gasteiger partial charge in [0.05, 0.1) is 6.42 Å². The van der Waals surface area contributed by atoms with Gasteiger partial charge in [0.25, 0.3) is 0 Å². The van der Waals surface area contributed by atoms with Crippen molar-refractivity contribution in [2.45, 2.75) is 70.8 Å². The first kappa shape index (κ1) is 26.3. The Balaban J connectivity index is 1.45. The zero-order valence-electron chi connectivity index (χ0n) is 21.8. The van der Waals surface area contributed by atoms with Gasteiger partial charge in [-0.25, -0.2) is 13.2 Å². The van der Waals surface area contributed by atoms with Crippen LogP contribution >= 0.6 is 0 Å². The predicted molar refractivity (Wildman–Crippen MR) is 141 cm³/mol. The van der Waals surface area contributed by atoms with E-state index in [1.54, 1.807) is 18.2 Å². The molecule has 200 valence electrons. The quantitative estimate of drug-likeness (QED) is 0.306. The molecule has 0 spiro atoms. The molecule has 0 heterocycles. The second kappa shape index (κ2) is 10.5. The zero-order chi connectivity index (χ0) is 27.0. The molecule has 2 fully saturated rings. The van der Waals surface area contributed by atoms with E-state index in [0.717, 1.165) is 55.4 Å². The van der Waals surface area contributed by atoms with Crippen LogP contribution in [0.1, 0.15) is 80.9 Å². The molecule has 0 aromatic heterocycles. The summed E-state index contributed by atoms with van der Waals surface area (Å²) in [6.45, 7) is 4.50. The first-order valence-corrected chi connectivity index (χ1v) is 13.4. The van der Waals surface area contributed by atoms with Crippen molar-refractivity contribution in [3.8, 4) is 16.9 Å². The van der Waals surface area contributed by atoms with Crippen molar-refractivity contribution in [3.63, 3.8) is 0 Å². The number of halogens is 3. The third-order valence-electron chi connectivity index (χ3n) is 8.34. The molecule has 3 aromatic carbocycles. The second-order valence-electron chi connectivity index (χ2n) is 11.5. The Morgan fingerprint density at radius 1 is 1.03 bits per heavy atom. The lowest BCUT2D eigenvalue weighted by Gasteiger charge is -2.30. The fraction of sp³-hybridized carbons (Fsp3) is 0.406. The van der Waals surface area contributed by atoms with Crippen LogP contribution in [0.4, 0.5) is 13.2 Å². The normalized spacial score (nSPS) is 19.3. The number of carbonyl (C=O) groups is 1. The average Bonchev–Trinajstić information content (AvgIpc) is 3.65. The lowest BCUT2D eigenvalue weighted by Crippen LogP contribution is -2.17. The first-order valence-electron chi connectivity index (χ1n) is 13.4. The van der Waals surface area contributed by atoms with Gasteiger partial charge in [-0.2, -0.15) is 0 Å². The van der Waals surface area contributed by atoms with Crippen molar-refractivity contribution >= 4 is 5.97 Å². The van der Waals surface area contributed by atoms with Crippen molar-refractivity contribution in [2.75, 3.05) is 0 Å². The number of aliphatic carboxylic acids is 1. The Labute approximate surface area is 221 Å². The molecule has 3 aromatic rings. The largest absolute Gasteiger partial charge is 0.486 e. The molecule has 0 bridgehead atoms. The van der Waals surface area contributed by atoms with Crippen molar-refractivity contribution in [2.24, 2.45) is 11.3 Å². The molecule has 1 N–H and O–H groups in total. The van der Waals surface area contributed by atoms with Crippen LogP contribution < -0.4 is 4.74 Å². The van der Waals surface area contributed by atoms with Gasteiger partial charge >= 0.3 is 5.97 Å². The number of hydrogen-bond donors (Lipinski definition) is 1. The molecule has 0 aliphatic heterocycles. The Bertz CT molecular complexity index is 1350. The maximum absolute atomic E-state index is 15.5. The summed E-state index contributed by atoms with van der Waals surface area (Å²) in [7, 11) is 0. The van der Waals surface area contributed by atoms with E-state index >= 15 is 4.39 Å². The summed E-state index contributed by atoms with van der Waals surface area (Å²) in [5, 5.41) is 9.33. The van der Waals surface area contributed by atoms with Gasteiger partial charge in [-0.1, -0.05) is 50.6 Å². The van der Waals surface area contributed by atoms with E-state index in [4.69, 9.17) is 4.74 Å². The summed E-state index contributed by atoms with van der Waals surface area (Å²) in [5.41, 5.74) is 3.04. The SMILES string of the molecule is CC1(C)CCC[C@@H]1c1cc(COc2cccc([C@@H](CC(=O)O)C3CC3)c2F)ccc1-c1cc(F)ccc1F. The van der Waals surface area contributed by atoms with E-state index in [2.05, 4.69) is 13.8 Å². The molecule has 3 nitrogen and oxygen atoms in total. The van der Waals surface area contributed by atoms with Gasteiger partial charge in [0.15, 0.2) is 11.6 Å². The van der Waals surface area contributed by atoms with E-state index in [0.29, 0.717) is 11.1 Å². The smallest absolute Gasteiger partial charge is 0.303 e. The molecule has 0 unspecified atom stereocenters.